The summed E-state index contributed by atoms with van der Waals surface area (Å²) >= 11 is 0. The number of nitrogens with zero attached hydrogens (tertiary/aromatic N) is 1. The van der Waals surface area contributed by atoms with Gasteiger partial charge in [-0.3, -0.25) is 4.79 Å². The number of benzene rings is 1. The minimum absolute atomic E-state index is 0.00195. The molecule has 1 aromatic rings. The van der Waals surface area contributed by atoms with E-state index in [1.54, 1.807) is 0 Å². The maximum absolute atomic E-state index is 11.8. The highest BCUT2D eigenvalue weighted by molar-refractivity contribution is 5.78. The van der Waals surface area contributed by atoms with Gasteiger partial charge in [0, 0.05) is 19.6 Å². The first-order valence-electron chi connectivity index (χ1n) is 6.89. The average Bonchev–Trinajstić information content (AvgIpc) is 2.43. The van der Waals surface area contributed by atoms with Gasteiger partial charge in [0.15, 0.2) is 0 Å². The molecule has 0 aromatic heterocycles. The van der Waals surface area contributed by atoms with E-state index >= 15 is 0 Å². The zero-order valence-electron chi connectivity index (χ0n) is 12.4. The van der Waals surface area contributed by atoms with E-state index in [1.165, 1.54) is 0 Å². The quantitative estimate of drug-likeness (QED) is 0.641. The fourth-order valence-corrected chi connectivity index (χ4v) is 1.78. The Morgan fingerprint density at radius 1 is 1.25 bits per heavy atom. The molecule has 1 amide bonds. The predicted octanol–water partition coefficient (Wildman–Crippen LogP) is 0.382. The van der Waals surface area contributed by atoms with Gasteiger partial charge < -0.3 is 20.7 Å². The van der Waals surface area contributed by atoms with Crippen LogP contribution in [0.3, 0.4) is 0 Å². The lowest BCUT2D eigenvalue weighted by Gasteiger charge is -2.11. The minimum atomic E-state index is 0.00195. The SMILES string of the molecule is CN(C)CCOCCNC(=O)Cc1ccccc1CN. The lowest BCUT2D eigenvalue weighted by Crippen LogP contribution is -2.29. The van der Waals surface area contributed by atoms with E-state index in [0.717, 1.165) is 17.7 Å². The maximum Gasteiger partial charge on any atom is 0.224 e. The van der Waals surface area contributed by atoms with Crippen molar-refractivity contribution in [2.45, 2.75) is 13.0 Å². The largest absolute Gasteiger partial charge is 0.378 e. The fourth-order valence-electron chi connectivity index (χ4n) is 1.78. The molecule has 112 valence electrons. The third kappa shape index (κ3) is 6.65. The van der Waals surface area contributed by atoms with Crippen LogP contribution in [0.5, 0.6) is 0 Å². The zero-order chi connectivity index (χ0) is 14.8. The number of amides is 1. The predicted molar refractivity (Wildman–Crippen MR) is 80.4 cm³/mol. The second-order valence-corrected chi connectivity index (χ2v) is 4.92. The van der Waals surface area contributed by atoms with Crippen molar-refractivity contribution in [3.63, 3.8) is 0 Å². The Balaban J connectivity index is 2.20. The highest BCUT2D eigenvalue weighted by Crippen LogP contribution is 2.08. The molecule has 0 saturated heterocycles. The Morgan fingerprint density at radius 3 is 2.60 bits per heavy atom. The first-order valence-corrected chi connectivity index (χ1v) is 6.89. The van der Waals surface area contributed by atoms with Gasteiger partial charge in [-0.1, -0.05) is 24.3 Å². The van der Waals surface area contributed by atoms with Crippen molar-refractivity contribution in [3.8, 4) is 0 Å². The number of hydrogen-bond acceptors (Lipinski definition) is 4. The molecular weight excluding hydrogens is 254 g/mol. The highest BCUT2D eigenvalue weighted by atomic mass is 16.5. The van der Waals surface area contributed by atoms with Crippen LogP contribution in [-0.4, -0.2) is 51.2 Å². The Hall–Kier alpha value is -1.43. The number of carbonyl (C=O) groups excluding carboxylic acids is 1. The summed E-state index contributed by atoms with van der Waals surface area (Å²) in [5, 5.41) is 2.85. The van der Waals surface area contributed by atoms with Crippen LogP contribution in [0.2, 0.25) is 0 Å². The lowest BCUT2D eigenvalue weighted by atomic mass is 10.0. The molecule has 5 nitrogen and oxygen atoms in total. The summed E-state index contributed by atoms with van der Waals surface area (Å²) in [7, 11) is 4.00. The monoisotopic (exact) mass is 279 g/mol. The van der Waals surface area contributed by atoms with Crippen LogP contribution in [0.1, 0.15) is 11.1 Å². The molecule has 5 heteroatoms. The molecule has 0 heterocycles. The summed E-state index contributed by atoms with van der Waals surface area (Å²) in [4.78, 5) is 13.9. The number of carbonyl (C=O) groups is 1. The molecule has 1 aromatic carbocycles. The van der Waals surface area contributed by atoms with E-state index in [1.807, 2.05) is 38.4 Å². The molecule has 0 spiro atoms. The van der Waals surface area contributed by atoms with Crippen molar-refractivity contribution in [2.75, 3.05) is 40.4 Å². The van der Waals surface area contributed by atoms with E-state index in [2.05, 4.69) is 10.2 Å². The van der Waals surface area contributed by atoms with Crippen LogP contribution in [0.25, 0.3) is 0 Å². The Bertz CT molecular complexity index is 408. The van der Waals surface area contributed by atoms with E-state index in [-0.39, 0.29) is 5.91 Å². The van der Waals surface area contributed by atoms with Gasteiger partial charge in [-0.2, -0.15) is 0 Å². The second-order valence-electron chi connectivity index (χ2n) is 4.92. The Kier molecular flexibility index (Phi) is 7.87. The van der Waals surface area contributed by atoms with Gasteiger partial charge >= 0.3 is 0 Å². The third-order valence-corrected chi connectivity index (χ3v) is 2.94. The van der Waals surface area contributed by atoms with Gasteiger partial charge in [0.25, 0.3) is 0 Å². The van der Waals surface area contributed by atoms with E-state index in [9.17, 15) is 4.79 Å². The van der Waals surface area contributed by atoms with Gasteiger partial charge in [-0.25, -0.2) is 0 Å². The molecule has 3 N–H and O–H groups in total. The highest BCUT2D eigenvalue weighted by Gasteiger charge is 2.06. The van der Waals surface area contributed by atoms with Crippen molar-refractivity contribution in [3.05, 3.63) is 35.4 Å². The number of rotatable bonds is 9. The summed E-state index contributed by atoms with van der Waals surface area (Å²) in [6.45, 7) is 3.10. The van der Waals surface area contributed by atoms with E-state index < -0.39 is 0 Å². The summed E-state index contributed by atoms with van der Waals surface area (Å²) in [5.41, 5.74) is 7.66. The third-order valence-electron chi connectivity index (χ3n) is 2.94. The Labute approximate surface area is 121 Å². The van der Waals surface area contributed by atoms with Gasteiger partial charge in [-0.15, -0.1) is 0 Å². The molecule has 0 aliphatic rings. The van der Waals surface area contributed by atoms with Gasteiger partial charge in [0.05, 0.1) is 19.6 Å². The summed E-state index contributed by atoms with van der Waals surface area (Å²) in [6.07, 6.45) is 0.366. The van der Waals surface area contributed by atoms with Crippen molar-refractivity contribution in [1.29, 1.82) is 0 Å². The van der Waals surface area contributed by atoms with Crippen molar-refractivity contribution >= 4 is 5.91 Å². The van der Waals surface area contributed by atoms with Crippen LogP contribution in [-0.2, 0) is 22.5 Å². The molecule has 0 atom stereocenters. The number of nitrogens with one attached hydrogen (secondary N) is 1. The first kappa shape index (κ1) is 16.6. The van der Waals surface area contributed by atoms with Gasteiger partial charge in [0.2, 0.25) is 5.91 Å². The normalized spacial score (nSPS) is 10.8. The second kappa shape index (κ2) is 9.47. The summed E-state index contributed by atoms with van der Waals surface area (Å²) < 4.78 is 5.41. The van der Waals surface area contributed by atoms with Crippen LogP contribution in [0.4, 0.5) is 0 Å². The van der Waals surface area contributed by atoms with E-state index in [4.69, 9.17) is 10.5 Å². The van der Waals surface area contributed by atoms with Crippen LogP contribution < -0.4 is 11.1 Å². The van der Waals surface area contributed by atoms with Gasteiger partial charge in [-0.05, 0) is 25.2 Å². The first-order chi connectivity index (χ1) is 9.63. The van der Waals surface area contributed by atoms with E-state index in [0.29, 0.717) is 32.7 Å². The molecule has 0 fully saturated rings. The van der Waals surface area contributed by atoms with Crippen molar-refractivity contribution < 1.29 is 9.53 Å². The molecule has 0 unspecified atom stereocenters. The number of hydrogen-bond donors (Lipinski definition) is 2. The topological polar surface area (TPSA) is 67.6 Å². The number of ether oxygens (including phenoxy) is 1. The number of likely N-dealkylation sites (N-methyl/N-ethyl adjacent to an activating group) is 1. The van der Waals surface area contributed by atoms with Crippen molar-refractivity contribution in [2.24, 2.45) is 5.73 Å². The standard InChI is InChI=1S/C15H25N3O2/c1-18(2)8-10-20-9-7-17-15(19)11-13-5-3-4-6-14(13)12-16/h3-6H,7-12,16H2,1-2H3,(H,17,19). The average molecular weight is 279 g/mol. The molecular formula is C15H25N3O2. The maximum atomic E-state index is 11.8. The molecule has 1 rings (SSSR count). The lowest BCUT2D eigenvalue weighted by molar-refractivity contribution is -0.120. The smallest absolute Gasteiger partial charge is 0.224 e. The Morgan fingerprint density at radius 2 is 1.95 bits per heavy atom. The fraction of sp³-hybridized carbons (Fsp3) is 0.533. The molecule has 0 saturated carbocycles. The molecule has 0 aliphatic heterocycles. The van der Waals surface area contributed by atoms with Crippen LogP contribution in [0.15, 0.2) is 24.3 Å². The number of nitrogens with two attached hydrogens (primary N) is 1. The molecule has 0 aliphatic carbocycles. The minimum Gasteiger partial charge on any atom is -0.378 e. The van der Waals surface area contributed by atoms with Gasteiger partial charge in [0.1, 0.15) is 0 Å². The summed E-state index contributed by atoms with van der Waals surface area (Å²) in [6, 6.07) is 7.75. The molecule has 0 bridgehead atoms. The summed E-state index contributed by atoms with van der Waals surface area (Å²) in [5.74, 6) is 0.00195. The van der Waals surface area contributed by atoms with Crippen molar-refractivity contribution in [1.82, 2.24) is 10.2 Å². The molecule has 0 radical (unpaired) electrons. The van der Waals surface area contributed by atoms with Crippen LogP contribution in [0, 0.1) is 0 Å². The molecule has 20 heavy (non-hydrogen) atoms. The zero-order valence-corrected chi connectivity index (χ0v) is 12.4. The van der Waals surface area contributed by atoms with Crippen LogP contribution >= 0.6 is 0 Å².